The number of fused-ring (bicyclic) bond motifs is 1. The zero-order valence-corrected chi connectivity index (χ0v) is 24.7. The van der Waals surface area contributed by atoms with Crippen molar-refractivity contribution in [3.8, 4) is 28.7 Å². The van der Waals surface area contributed by atoms with E-state index in [1.165, 1.54) is 52.7 Å². The van der Waals surface area contributed by atoms with Crippen molar-refractivity contribution in [1.82, 2.24) is 5.32 Å². The summed E-state index contributed by atoms with van der Waals surface area (Å²) in [6.45, 7) is 3.84. The summed E-state index contributed by atoms with van der Waals surface area (Å²) in [5, 5.41) is 8.19. The molecule has 0 aromatic heterocycles. The molecule has 3 aromatic carbocycles. The average Bonchev–Trinajstić information content (AvgIpc) is 3.09. The van der Waals surface area contributed by atoms with Gasteiger partial charge in [0.2, 0.25) is 11.7 Å². The van der Waals surface area contributed by atoms with E-state index in [4.69, 9.17) is 18.9 Å². The molecule has 4 rings (SSSR count). The first-order valence-corrected chi connectivity index (χ1v) is 13.3. The van der Waals surface area contributed by atoms with E-state index in [1.54, 1.807) is 0 Å². The summed E-state index contributed by atoms with van der Waals surface area (Å²) >= 11 is 0. The van der Waals surface area contributed by atoms with Crippen LogP contribution in [0, 0.1) is 13.8 Å². The molecule has 3 aromatic rings. The van der Waals surface area contributed by atoms with Crippen LogP contribution in [-0.2, 0) is 14.3 Å². The summed E-state index contributed by atoms with van der Waals surface area (Å²) in [6, 6.07) is 10.5. The highest BCUT2D eigenvalue weighted by molar-refractivity contribution is 6.12. The van der Waals surface area contributed by atoms with Crippen molar-refractivity contribution in [2.24, 2.45) is 0 Å². The topological polar surface area (TPSA) is 151 Å². The lowest BCUT2D eigenvalue weighted by molar-refractivity contribution is -0.140. The molecule has 0 saturated carbocycles. The molecule has 1 atom stereocenters. The zero-order valence-electron chi connectivity index (χ0n) is 24.7. The Balaban J connectivity index is 1.75. The second-order valence-electron chi connectivity index (χ2n) is 9.82. The van der Waals surface area contributed by atoms with Crippen LogP contribution < -0.4 is 34.9 Å². The highest BCUT2D eigenvalue weighted by Gasteiger charge is 2.30. The van der Waals surface area contributed by atoms with Gasteiger partial charge in [-0.15, -0.1) is 0 Å². The molecule has 0 saturated heterocycles. The van der Waals surface area contributed by atoms with Crippen LogP contribution in [0.3, 0.4) is 0 Å². The Morgan fingerprint density at radius 2 is 1.49 bits per heavy atom. The molecular formula is C31H33N3O9. The maximum atomic E-state index is 13.5. The number of ether oxygens (including phenoxy) is 5. The van der Waals surface area contributed by atoms with Crippen molar-refractivity contribution >= 4 is 35.1 Å². The van der Waals surface area contributed by atoms with E-state index >= 15 is 0 Å². The van der Waals surface area contributed by atoms with Gasteiger partial charge in [-0.05, 0) is 67.8 Å². The monoisotopic (exact) mass is 591 g/mol. The van der Waals surface area contributed by atoms with Crippen LogP contribution >= 0.6 is 0 Å². The molecule has 0 unspecified atom stereocenters. The molecular weight excluding hydrogens is 558 g/mol. The van der Waals surface area contributed by atoms with Gasteiger partial charge in [0, 0.05) is 12.0 Å². The first-order valence-electron chi connectivity index (χ1n) is 13.3. The predicted molar refractivity (Wildman–Crippen MR) is 158 cm³/mol. The Morgan fingerprint density at radius 1 is 0.837 bits per heavy atom. The van der Waals surface area contributed by atoms with E-state index in [0.29, 0.717) is 11.5 Å². The summed E-state index contributed by atoms with van der Waals surface area (Å²) in [5.74, 6) is -0.630. The number of amides is 3. The molecule has 0 fully saturated rings. The quantitative estimate of drug-likeness (QED) is 0.292. The minimum absolute atomic E-state index is 0.0366. The van der Waals surface area contributed by atoms with Crippen LogP contribution in [0.15, 0.2) is 42.5 Å². The fraction of sp³-hybridized carbons (Fsp3) is 0.290. The van der Waals surface area contributed by atoms with E-state index in [-0.39, 0.29) is 52.6 Å². The van der Waals surface area contributed by atoms with E-state index in [2.05, 4.69) is 20.7 Å². The summed E-state index contributed by atoms with van der Waals surface area (Å²) in [7, 11) is 5.58. The molecule has 0 radical (unpaired) electrons. The number of nitrogens with one attached hydrogen (secondary N) is 3. The van der Waals surface area contributed by atoms with Gasteiger partial charge >= 0.3 is 5.97 Å². The number of aryl methyl sites for hydroxylation is 2. The summed E-state index contributed by atoms with van der Waals surface area (Å²) in [6.07, 6.45) is -0.0305. The molecule has 226 valence electrons. The van der Waals surface area contributed by atoms with Crippen LogP contribution in [0.25, 0.3) is 0 Å². The molecule has 1 aliphatic heterocycles. The van der Waals surface area contributed by atoms with Gasteiger partial charge in [-0.3, -0.25) is 19.2 Å². The third-order valence-corrected chi connectivity index (χ3v) is 6.71. The summed E-state index contributed by atoms with van der Waals surface area (Å²) in [4.78, 5) is 51.4. The summed E-state index contributed by atoms with van der Waals surface area (Å²) < 4.78 is 27.0. The van der Waals surface area contributed by atoms with Crippen molar-refractivity contribution in [2.75, 3.05) is 39.1 Å². The number of methoxy groups -OCH3 is 4. The van der Waals surface area contributed by atoms with Crippen LogP contribution in [0.2, 0.25) is 0 Å². The normalized spacial score (nSPS) is 14.0. The van der Waals surface area contributed by atoms with Gasteiger partial charge < -0.3 is 39.6 Å². The van der Waals surface area contributed by atoms with Gasteiger partial charge in [0.05, 0.1) is 45.4 Å². The largest absolute Gasteiger partial charge is 0.493 e. The zero-order chi connectivity index (χ0) is 31.3. The fourth-order valence-electron chi connectivity index (χ4n) is 4.67. The molecule has 1 aliphatic rings. The first kappa shape index (κ1) is 30.7. The molecule has 3 amide bonds. The van der Waals surface area contributed by atoms with Crippen molar-refractivity contribution in [3.05, 3.63) is 64.7 Å². The Morgan fingerprint density at radius 3 is 2.07 bits per heavy atom. The average molecular weight is 592 g/mol. The minimum Gasteiger partial charge on any atom is -0.493 e. The number of benzene rings is 3. The molecule has 0 spiro atoms. The minimum atomic E-state index is -0.986. The number of anilines is 2. The molecule has 12 nitrogen and oxygen atoms in total. The Kier molecular flexibility index (Phi) is 9.39. The van der Waals surface area contributed by atoms with Gasteiger partial charge in [0.25, 0.3) is 11.8 Å². The predicted octanol–water partition coefficient (Wildman–Crippen LogP) is 4.38. The van der Waals surface area contributed by atoms with Gasteiger partial charge in [0.1, 0.15) is 11.8 Å². The Bertz CT molecular complexity index is 1540. The number of hydrogen-bond acceptors (Lipinski definition) is 9. The highest BCUT2D eigenvalue weighted by atomic mass is 16.5. The Hall–Kier alpha value is -5.26. The van der Waals surface area contributed by atoms with Crippen molar-refractivity contribution in [3.63, 3.8) is 0 Å². The van der Waals surface area contributed by atoms with Crippen molar-refractivity contribution in [2.45, 2.75) is 32.7 Å². The molecule has 0 aliphatic carbocycles. The number of carbonyl (C=O) groups excluding carboxylic acids is 4. The molecule has 12 heteroatoms. The number of esters is 1. The highest BCUT2D eigenvalue weighted by Crippen LogP contribution is 2.40. The van der Waals surface area contributed by atoms with E-state index in [1.807, 2.05) is 32.0 Å². The van der Waals surface area contributed by atoms with Crippen molar-refractivity contribution < 1.29 is 42.9 Å². The van der Waals surface area contributed by atoms with Gasteiger partial charge in [0.15, 0.2) is 17.2 Å². The second-order valence-corrected chi connectivity index (χ2v) is 9.82. The molecule has 1 heterocycles. The first-order chi connectivity index (χ1) is 20.6. The third kappa shape index (κ3) is 6.97. The third-order valence-electron chi connectivity index (χ3n) is 6.71. The number of rotatable bonds is 10. The van der Waals surface area contributed by atoms with Gasteiger partial charge in [-0.2, -0.15) is 0 Å². The number of hydrogen-bond donors (Lipinski definition) is 3. The van der Waals surface area contributed by atoms with Crippen LogP contribution in [-0.4, -0.2) is 58.2 Å². The standard InChI is InChI=1S/C31H33N3O9/c1-16-9-17(2)11-19(10-16)43-24-14-20-22(33-31(38)21(32-30(20)37)7-8-27(35)41-5)15-23(24)34-29(36)18-12-25(39-3)28(42-6)26(13-18)40-4/h9-15,21H,7-8H2,1-6H3,(H,32,37)(H,33,38)(H,34,36)/t21-/m0/s1. The van der Waals surface area contributed by atoms with Crippen LogP contribution in [0.5, 0.6) is 28.7 Å². The Labute approximate surface area is 248 Å². The molecule has 0 bridgehead atoms. The summed E-state index contributed by atoms with van der Waals surface area (Å²) in [5.41, 5.74) is 2.52. The maximum Gasteiger partial charge on any atom is 0.305 e. The molecule has 43 heavy (non-hydrogen) atoms. The smallest absolute Gasteiger partial charge is 0.305 e. The maximum absolute atomic E-state index is 13.5. The van der Waals surface area contributed by atoms with Crippen LogP contribution in [0.4, 0.5) is 11.4 Å². The van der Waals surface area contributed by atoms with Crippen LogP contribution in [0.1, 0.15) is 44.7 Å². The fourth-order valence-corrected chi connectivity index (χ4v) is 4.67. The SMILES string of the molecule is COC(=O)CC[C@@H]1NC(=O)c2cc(Oc3cc(C)cc(C)c3)c(NC(=O)c3cc(OC)c(OC)c(OC)c3)cc2NC1=O. The van der Waals surface area contributed by atoms with Gasteiger partial charge in [-0.25, -0.2) is 0 Å². The number of carbonyl (C=O) groups is 4. The van der Waals surface area contributed by atoms with E-state index < -0.39 is 29.7 Å². The lowest BCUT2D eigenvalue weighted by atomic mass is 10.1. The lowest BCUT2D eigenvalue weighted by Crippen LogP contribution is -2.41. The molecule has 3 N–H and O–H groups in total. The lowest BCUT2D eigenvalue weighted by Gasteiger charge is -2.17. The van der Waals surface area contributed by atoms with Gasteiger partial charge in [-0.1, -0.05) is 6.07 Å². The van der Waals surface area contributed by atoms with Crippen molar-refractivity contribution in [1.29, 1.82) is 0 Å². The second kappa shape index (κ2) is 13.1. The van der Waals surface area contributed by atoms with E-state index in [0.717, 1.165) is 11.1 Å². The van der Waals surface area contributed by atoms with E-state index in [9.17, 15) is 19.2 Å².